The fourth-order valence-corrected chi connectivity index (χ4v) is 3.74. The van der Waals surface area contributed by atoms with Crippen molar-refractivity contribution in [2.45, 2.75) is 13.8 Å². The lowest BCUT2D eigenvalue weighted by Gasteiger charge is -2.01. The van der Waals surface area contributed by atoms with Gasteiger partial charge in [-0.3, -0.25) is 4.79 Å². The smallest absolute Gasteiger partial charge is 0.344 e. The van der Waals surface area contributed by atoms with Crippen LogP contribution in [0.5, 0.6) is 5.75 Å². The third kappa shape index (κ3) is 2.46. The minimum absolute atomic E-state index is 0.147. The van der Waals surface area contributed by atoms with E-state index in [1.807, 2.05) is 68.4 Å². The third-order valence-electron chi connectivity index (χ3n) is 5.22. The van der Waals surface area contributed by atoms with Crippen LogP contribution in [0, 0.1) is 13.8 Å². The zero-order chi connectivity index (χ0) is 19.4. The Kier molecular flexibility index (Phi) is 3.49. The van der Waals surface area contributed by atoms with Crippen LogP contribution in [0.1, 0.15) is 22.3 Å². The van der Waals surface area contributed by atoms with Crippen molar-refractivity contribution in [3.05, 3.63) is 93.4 Å². The second-order valence-electron chi connectivity index (χ2n) is 7.22. The van der Waals surface area contributed by atoms with Crippen LogP contribution in [-0.2, 0) is 9.59 Å². The molecule has 0 spiro atoms. The number of fused-ring (bicyclic) bond motifs is 2. The molecule has 0 bridgehead atoms. The van der Waals surface area contributed by atoms with E-state index < -0.39 is 0 Å². The van der Waals surface area contributed by atoms with Gasteiger partial charge in [0.15, 0.2) is 0 Å². The van der Waals surface area contributed by atoms with Crippen molar-refractivity contribution in [2.75, 3.05) is 5.32 Å². The first-order valence-electron chi connectivity index (χ1n) is 9.11. The van der Waals surface area contributed by atoms with E-state index in [4.69, 9.17) is 4.74 Å². The van der Waals surface area contributed by atoms with E-state index in [9.17, 15) is 9.59 Å². The van der Waals surface area contributed by atoms with Crippen LogP contribution < -0.4 is 20.5 Å². The normalized spacial score (nSPS) is 14.6. The van der Waals surface area contributed by atoms with Gasteiger partial charge in [-0.25, -0.2) is 4.79 Å². The van der Waals surface area contributed by atoms with Gasteiger partial charge in [0.05, 0.1) is 11.1 Å². The molecule has 0 aromatic heterocycles. The molecular weight excluding hydrogens is 350 g/mol. The molecule has 0 unspecified atom stereocenters. The standard InChI is InChI=1S/C24H17NO3/c1-13-3-7-15(8-4-13)21-17-12-20-18(11-19(17)25-23(21)26)22(24(27)28-20)16-9-5-14(2)6-10-16/h3-12H,1-2H3,(H,25,26). The number of ether oxygens (including phenoxy) is 1. The number of hydrogen-bond acceptors (Lipinski definition) is 3. The second kappa shape index (κ2) is 5.92. The van der Waals surface area contributed by atoms with Crippen molar-refractivity contribution in [1.82, 2.24) is 0 Å². The van der Waals surface area contributed by atoms with Gasteiger partial charge < -0.3 is 10.1 Å². The summed E-state index contributed by atoms with van der Waals surface area (Å²) in [5.74, 6) is -0.0306. The number of nitrogens with one attached hydrogen (secondary N) is 1. The number of benzene rings is 3. The summed E-state index contributed by atoms with van der Waals surface area (Å²) < 4.78 is 5.54. The molecule has 1 N–H and O–H groups in total. The molecule has 0 saturated heterocycles. The van der Waals surface area contributed by atoms with Gasteiger partial charge in [-0.15, -0.1) is 0 Å². The topological polar surface area (TPSA) is 55.4 Å². The molecular formula is C24H17NO3. The Morgan fingerprint density at radius 2 is 1.29 bits per heavy atom. The molecule has 3 aromatic rings. The summed E-state index contributed by atoms with van der Waals surface area (Å²) in [5.41, 5.74) is 5.71. The van der Waals surface area contributed by atoms with Crippen LogP contribution in [0.2, 0.25) is 0 Å². The molecule has 1 amide bonds. The second-order valence-corrected chi connectivity index (χ2v) is 7.22. The number of carbonyl (C=O) groups is 2. The van der Waals surface area contributed by atoms with Gasteiger partial charge in [-0.2, -0.15) is 0 Å². The number of rotatable bonds is 2. The van der Waals surface area contributed by atoms with Crippen molar-refractivity contribution >= 4 is 28.7 Å². The molecule has 136 valence electrons. The Morgan fingerprint density at radius 1 is 0.714 bits per heavy atom. The van der Waals surface area contributed by atoms with Gasteiger partial charge >= 0.3 is 5.97 Å². The largest absolute Gasteiger partial charge is 0.422 e. The molecule has 4 heteroatoms. The molecule has 0 saturated carbocycles. The van der Waals surface area contributed by atoms with E-state index in [-0.39, 0.29) is 11.9 Å². The van der Waals surface area contributed by atoms with Crippen LogP contribution in [0.4, 0.5) is 5.69 Å². The van der Waals surface area contributed by atoms with Crippen LogP contribution in [0.25, 0.3) is 11.1 Å². The van der Waals surface area contributed by atoms with Crippen LogP contribution in [0.3, 0.4) is 0 Å². The summed E-state index contributed by atoms with van der Waals surface area (Å²) in [6.07, 6.45) is 0. The van der Waals surface area contributed by atoms with Crippen molar-refractivity contribution in [2.24, 2.45) is 0 Å². The quantitative estimate of drug-likeness (QED) is 0.560. The Balaban J connectivity index is 1.76. The number of anilines is 1. The zero-order valence-corrected chi connectivity index (χ0v) is 15.5. The van der Waals surface area contributed by atoms with Gasteiger partial charge in [0.2, 0.25) is 0 Å². The number of esters is 1. The summed E-state index contributed by atoms with van der Waals surface area (Å²) in [5, 5.41) is 4.39. The first-order valence-corrected chi connectivity index (χ1v) is 9.11. The monoisotopic (exact) mass is 367 g/mol. The molecule has 0 fully saturated rings. The molecule has 4 nitrogen and oxygen atoms in total. The molecule has 0 atom stereocenters. The molecule has 0 aliphatic carbocycles. The van der Waals surface area contributed by atoms with Crippen LogP contribution >= 0.6 is 0 Å². The lowest BCUT2D eigenvalue weighted by atomic mass is 10.0. The Morgan fingerprint density at radius 3 is 1.89 bits per heavy atom. The summed E-state index contributed by atoms with van der Waals surface area (Å²) >= 11 is 0. The number of amides is 1. The fraction of sp³-hybridized carbons (Fsp3) is 0.0833. The summed E-state index contributed by atoms with van der Waals surface area (Å²) in [6, 6.07) is 19.2. The highest BCUT2D eigenvalue weighted by Crippen LogP contribution is 2.26. The molecule has 5 rings (SSSR count). The lowest BCUT2D eigenvalue weighted by molar-refractivity contribution is -0.127. The lowest BCUT2D eigenvalue weighted by Crippen LogP contribution is -2.12. The van der Waals surface area contributed by atoms with Crippen LogP contribution in [0.15, 0.2) is 60.7 Å². The Labute approximate surface area is 161 Å². The van der Waals surface area contributed by atoms with E-state index in [2.05, 4.69) is 5.32 Å². The van der Waals surface area contributed by atoms with Gasteiger partial charge in [0.1, 0.15) is 5.75 Å². The highest BCUT2D eigenvalue weighted by Gasteiger charge is 2.28. The number of carbonyl (C=O) groups excluding carboxylic acids is 2. The minimum Gasteiger partial charge on any atom is -0.422 e. The van der Waals surface area contributed by atoms with Crippen LogP contribution in [-0.4, -0.2) is 11.9 Å². The van der Waals surface area contributed by atoms with E-state index in [0.29, 0.717) is 27.8 Å². The van der Waals surface area contributed by atoms with Crippen molar-refractivity contribution < 1.29 is 14.3 Å². The minimum atomic E-state index is -0.370. The van der Waals surface area contributed by atoms with Gasteiger partial charge in [-0.1, -0.05) is 59.7 Å². The third-order valence-corrected chi connectivity index (χ3v) is 5.22. The van der Waals surface area contributed by atoms with Gasteiger partial charge in [0, 0.05) is 16.1 Å². The first-order chi connectivity index (χ1) is 13.5. The van der Waals surface area contributed by atoms with E-state index in [1.54, 1.807) is 6.07 Å². The predicted octanol–water partition coefficient (Wildman–Crippen LogP) is 2.57. The maximum absolute atomic E-state index is 12.6. The molecule has 2 aliphatic heterocycles. The van der Waals surface area contributed by atoms with Crippen molar-refractivity contribution in [3.63, 3.8) is 0 Å². The van der Waals surface area contributed by atoms with Gasteiger partial charge in [0.25, 0.3) is 5.91 Å². The average molecular weight is 367 g/mol. The van der Waals surface area contributed by atoms with Gasteiger partial charge in [-0.05, 0) is 37.1 Å². The predicted molar refractivity (Wildman–Crippen MR) is 107 cm³/mol. The van der Waals surface area contributed by atoms with Crippen molar-refractivity contribution in [1.29, 1.82) is 0 Å². The van der Waals surface area contributed by atoms with E-state index in [0.717, 1.165) is 27.5 Å². The highest BCUT2D eigenvalue weighted by atomic mass is 16.5. The Bertz CT molecular complexity index is 1180. The number of hydrogen-bond donors (Lipinski definition) is 1. The molecule has 28 heavy (non-hydrogen) atoms. The average Bonchev–Trinajstić information content (AvgIpc) is 3.16. The first kappa shape index (κ1) is 16.5. The zero-order valence-electron chi connectivity index (χ0n) is 15.5. The fourth-order valence-electron chi connectivity index (χ4n) is 3.74. The SMILES string of the molecule is Cc1ccc(C2=c3cc4c(cc3NC2=O)=C(c2ccc(C)cc2)C(=O)O4)cc1. The van der Waals surface area contributed by atoms with E-state index >= 15 is 0 Å². The summed E-state index contributed by atoms with van der Waals surface area (Å²) in [7, 11) is 0. The molecule has 2 heterocycles. The maximum Gasteiger partial charge on any atom is 0.344 e. The molecule has 2 aliphatic rings. The highest BCUT2D eigenvalue weighted by molar-refractivity contribution is 6.29. The van der Waals surface area contributed by atoms with Crippen molar-refractivity contribution in [3.8, 4) is 5.75 Å². The molecule has 0 radical (unpaired) electrons. The van der Waals surface area contributed by atoms with E-state index in [1.165, 1.54) is 0 Å². The Hall–Kier alpha value is -3.66. The summed E-state index contributed by atoms with van der Waals surface area (Å²) in [4.78, 5) is 25.2. The summed E-state index contributed by atoms with van der Waals surface area (Å²) in [6.45, 7) is 4.01. The maximum atomic E-state index is 12.6. The molecule has 3 aromatic carbocycles. The number of aryl methyl sites for hydroxylation is 2.